The summed E-state index contributed by atoms with van der Waals surface area (Å²) in [6.07, 6.45) is 9.47. The van der Waals surface area contributed by atoms with Gasteiger partial charge in [0.05, 0.1) is 12.7 Å². The van der Waals surface area contributed by atoms with Gasteiger partial charge in [-0.05, 0) is 24.8 Å². The van der Waals surface area contributed by atoms with E-state index in [4.69, 9.17) is 4.99 Å². The molecule has 0 saturated heterocycles. The van der Waals surface area contributed by atoms with Crippen LogP contribution in [0.5, 0.6) is 0 Å². The van der Waals surface area contributed by atoms with Crippen molar-refractivity contribution in [3.8, 4) is 0 Å². The van der Waals surface area contributed by atoms with Crippen LogP contribution < -0.4 is 5.32 Å². The maximum Gasteiger partial charge on any atom is 0.130 e. The van der Waals surface area contributed by atoms with E-state index in [1.807, 2.05) is 6.20 Å². The molecule has 22 heavy (non-hydrogen) atoms. The lowest BCUT2D eigenvalue weighted by Crippen LogP contribution is -2.43. The Hall–Kier alpha value is -2.10. The Kier molecular flexibility index (Phi) is 3.45. The number of benzene rings is 1. The molecule has 1 aromatic heterocycles. The van der Waals surface area contributed by atoms with E-state index in [1.54, 1.807) is 0 Å². The van der Waals surface area contributed by atoms with Crippen molar-refractivity contribution in [3.05, 3.63) is 47.7 Å². The van der Waals surface area contributed by atoms with Crippen molar-refractivity contribution in [2.24, 2.45) is 10.4 Å². The number of aromatic nitrogens is 2. The van der Waals surface area contributed by atoms with Crippen LogP contribution in [0.1, 0.15) is 43.2 Å². The lowest BCUT2D eigenvalue weighted by molar-refractivity contribution is 0.278. The molecule has 0 radical (unpaired) electrons. The zero-order chi connectivity index (χ0) is 14.8. The third-order valence-corrected chi connectivity index (χ3v) is 5.07. The highest BCUT2D eigenvalue weighted by Crippen LogP contribution is 2.44. The first kappa shape index (κ1) is 13.6. The number of fused-ring (bicyclic) bond motifs is 1. The Morgan fingerprint density at radius 3 is 2.73 bits per heavy atom. The average Bonchev–Trinajstić information content (AvgIpc) is 3.01. The van der Waals surface area contributed by atoms with Crippen LogP contribution in [0.2, 0.25) is 0 Å². The lowest BCUT2D eigenvalue weighted by atomic mass is 9.68. The summed E-state index contributed by atoms with van der Waals surface area (Å²) in [6, 6.07) is 10.5. The van der Waals surface area contributed by atoms with Gasteiger partial charge in [0.15, 0.2) is 0 Å². The van der Waals surface area contributed by atoms with E-state index in [9.17, 15) is 0 Å². The van der Waals surface area contributed by atoms with E-state index in [2.05, 4.69) is 45.8 Å². The van der Waals surface area contributed by atoms with Crippen molar-refractivity contribution in [2.45, 2.75) is 45.1 Å². The second kappa shape index (κ2) is 5.59. The monoisotopic (exact) mass is 294 g/mol. The predicted octanol–water partition coefficient (Wildman–Crippen LogP) is 3.93. The van der Waals surface area contributed by atoms with Crippen molar-refractivity contribution < 1.29 is 0 Å². The van der Waals surface area contributed by atoms with Crippen molar-refractivity contribution in [3.63, 3.8) is 0 Å². The second-order valence-corrected chi connectivity index (χ2v) is 6.56. The molecular formula is C18H22N4. The first-order chi connectivity index (χ1) is 10.9. The first-order valence-corrected chi connectivity index (χ1v) is 8.24. The van der Waals surface area contributed by atoms with Crippen molar-refractivity contribution >= 4 is 11.7 Å². The highest BCUT2D eigenvalue weighted by atomic mass is 15.2. The Balaban J connectivity index is 1.65. The van der Waals surface area contributed by atoms with Crippen LogP contribution in [-0.4, -0.2) is 16.0 Å². The van der Waals surface area contributed by atoms with Crippen molar-refractivity contribution in [2.75, 3.05) is 5.32 Å². The molecular weight excluding hydrogens is 272 g/mol. The molecule has 4 rings (SSSR count). The summed E-state index contributed by atoms with van der Waals surface area (Å²) < 4.78 is 0. The number of nitrogens with one attached hydrogen (secondary N) is 2. The standard InChI is InChI=1S/C18H22N4/c1-3-7-14(8-4-1)12-19-17-18(9-5-2-6-10-18)11-15-13-20-22-16(15)21-17/h1,3-4,7-8,13H,2,5-6,9-12H2,(H2,19,20,21,22). The van der Waals surface area contributed by atoms with Gasteiger partial charge in [-0.15, -0.1) is 0 Å². The number of rotatable bonds is 2. The number of anilines is 1. The van der Waals surface area contributed by atoms with Gasteiger partial charge in [0.2, 0.25) is 0 Å². The number of amidine groups is 1. The number of H-pyrrole nitrogens is 1. The maximum absolute atomic E-state index is 4.97. The molecule has 0 bridgehead atoms. The molecule has 2 aliphatic rings. The molecule has 2 N–H and O–H groups in total. The summed E-state index contributed by atoms with van der Waals surface area (Å²) in [6.45, 7) is 0.744. The molecule has 1 fully saturated rings. The summed E-state index contributed by atoms with van der Waals surface area (Å²) in [5.41, 5.74) is 2.77. The number of nitrogens with zero attached hydrogens (tertiary/aromatic N) is 2. The molecule has 4 heteroatoms. The molecule has 0 unspecified atom stereocenters. The van der Waals surface area contributed by atoms with E-state index in [-0.39, 0.29) is 5.41 Å². The smallest absolute Gasteiger partial charge is 0.130 e. The maximum atomic E-state index is 4.97. The Morgan fingerprint density at radius 2 is 1.91 bits per heavy atom. The minimum Gasteiger partial charge on any atom is -0.328 e. The summed E-state index contributed by atoms with van der Waals surface area (Å²) in [5, 5.41) is 10.8. The van der Waals surface area contributed by atoms with Crippen LogP contribution in [-0.2, 0) is 13.0 Å². The molecule has 2 heterocycles. The fourth-order valence-corrected chi connectivity index (χ4v) is 3.86. The summed E-state index contributed by atoms with van der Waals surface area (Å²) in [5.74, 6) is 2.19. The van der Waals surface area contributed by atoms with E-state index in [1.165, 1.54) is 43.2 Å². The largest absolute Gasteiger partial charge is 0.328 e. The van der Waals surface area contributed by atoms with Gasteiger partial charge in [-0.2, -0.15) is 5.10 Å². The number of hydrogen-bond donors (Lipinski definition) is 2. The summed E-state index contributed by atoms with van der Waals surface area (Å²) in [7, 11) is 0. The van der Waals surface area contributed by atoms with Gasteiger partial charge in [0.25, 0.3) is 0 Å². The van der Waals surface area contributed by atoms with E-state index in [0.29, 0.717) is 0 Å². The fraction of sp³-hybridized carbons (Fsp3) is 0.444. The molecule has 1 aliphatic heterocycles. The van der Waals surface area contributed by atoms with Crippen LogP contribution in [0, 0.1) is 5.41 Å². The molecule has 1 spiro atoms. The van der Waals surface area contributed by atoms with Crippen molar-refractivity contribution in [1.82, 2.24) is 10.2 Å². The fourth-order valence-electron chi connectivity index (χ4n) is 3.86. The Labute approximate surface area is 131 Å². The molecule has 1 saturated carbocycles. The molecule has 0 amide bonds. The van der Waals surface area contributed by atoms with E-state index in [0.717, 1.165) is 24.6 Å². The van der Waals surface area contributed by atoms with Gasteiger partial charge in [0.1, 0.15) is 11.7 Å². The van der Waals surface area contributed by atoms with Crippen LogP contribution in [0.3, 0.4) is 0 Å². The van der Waals surface area contributed by atoms with E-state index >= 15 is 0 Å². The normalized spacial score (nSPS) is 21.5. The highest BCUT2D eigenvalue weighted by Gasteiger charge is 2.41. The zero-order valence-corrected chi connectivity index (χ0v) is 12.8. The molecule has 1 aliphatic carbocycles. The number of aliphatic imine (C=N–C) groups is 1. The number of aromatic amines is 1. The van der Waals surface area contributed by atoms with Gasteiger partial charge in [-0.1, -0.05) is 49.6 Å². The lowest BCUT2D eigenvalue weighted by Gasteiger charge is -2.41. The highest BCUT2D eigenvalue weighted by molar-refractivity contribution is 6.01. The molecule has 2 aromatic rings. The summed E-state index contributed by atoms with van der Waals surface area (Å²) >= 11 is 0. The van der Waals surface area contributed by atoms with Crippen LogP contribution in [0.15, 0.2) is 41.5 Å². The van der Waals surface area contributed by atoms with E-state index < -0.39 is 0 Å². The molecule has 114 valence electrons. The average molecular weight is 294 g/mol. The predicted molar refractivity (Wildman–Crippen MR) is 89.0 cm³/mol. The Bertz CT molecular complexity index is 665. The van der Waals surface area contributed by atoms with Crippen LogP contribution >= 0.6 is 0 Å². The molecule has 4 nitrogen and oxygen atoms in total. The van der Waals surface area contributed by atoms with Gasteiger partial charge in [0, 0.05) is 11.0 Å². The zero-order valence-electron chi connectivity index (χ0n) is 12.8. The van der Waals surface area contributed by atoms with Gasteiger partial charge < -0.3 is 5.32 Å². The van der Waals surface area contributed by atoms with Crippen molar-refractivity contribution in [1.29, 1.82) is 0 Å². The first-order valence-electron chi connectivity index (χ1n) is 8.24. The van der Waals surface area contributed by atoms with Crippen LogP contribution in [0.4, 0.5) is 5.82 Å². The Morgan fingerprint density at radius 1 is 1.09 bits per heavy atom. The van der Waals surface area contributed by atoms with Gasteiger partial charge in [-0.3, -0.25) is 10.1 Å². The third-order valence-electron chi connectivity index (χ3n) is 5.07. The summed E-state index contributed by atoms with van der Waals surface area (Å²) in [4.78, 5) is 4.97. The molecule has 1 aromatic carbocycles. The second-order valence-electron chi connectivity index (χ2n) is 6.56. The van der Waals surface area contributed by atoms with Gasteiger partial charge in [-0.25, -0.2) is 0 Å². The minimum atomic E-state index is 0.198. The third kappa shape index (κ3) is 2.43. The van der Waals surface area contributed by atoms with Gasteiger partial charge >= 0.3 is 0 Å². The topological polar surface area (TPSA) is 53.1 Å². The SMILES string of the molecule is c1ccc(CN=C2Nc3[nH]ncc3CC23CCCCC3)cc1. The molecule has 0 atom stereocenters. The quantitative estimate of drug-likeness (QED) is 0.882. The number of hydrogen-bond acceptors (Lipinski definition) is 2. The van der Waals surface area contributed by atoms with Crippen LogP contribution in [0.25, 0.3) is 0 Å². The minimum absolute atomic E-state index is 0.198.